The summed E-state index contributed by atoms with van der Waals surface area (Å²) in [6.07, 6.45) is 0. The van der Waals surface area contributed by atoms with Gasteiger partial charge in [0.05, 0.1) is 6.54 Å². The summed E-state index contributed by atoms with van der Waals surface area (Å²) in [5.74, 6) is 1.30. The van der Waals surface area contributed by atoms with Gasteiger partial charge in [-0.25, -0.2) is 4.79 Å². The third-order valence-electron chi connectivity index (χ3n) is 3.76. The molecular formula is C18H22N2O4. The molecule has 0 radical (unpaired) electrons. The highest BCUT2D eigenvalue weighted by Crippen LogP contribution is 2.26. The highest BCUT2D eigenvalue weighted by Gasteiger charge is 2.28. The molecular weight excluding hydrogens is 308 g/mol. The summed E-state index contributed by atoms with van der Waals surface area (Å²) >= 11 is 0. The van der Waals surface area contributed by atoms with E-state index < -0.39 is 11.6 Å². The van der Waals surface area contributed by atoms with Crippen LogP contribution in [0, 0.1) is 13.8 Å². The van der Waals surface area contributed by atoms with Crippen LogP contribution >= 0.6 is 0 Å². The minimum Gasteiger partial charge on any atom is -0.466 e. The van der Waals surface area contributed by atoms with Crippen LogP contribution < -0.4 is 10.6 Å². The van der Waals surface area contributed by atoms with Crippen LogP contribution in [0.2, 0.25) is 0 Å². The minimum atomic E-state index is -1.24. The largest absolute Gasteiger partial charge is 0.466 e. The van der Waals surface area contributed by atoms with Gasteiger partial charge < -0.3 is 20.2 Å². The molecule has 2 amide bonds. The Morgan fingerprint density at radius 1 is 1.21 bits per heavy atom. The lowest BCUT2D eigenvalue weighted by atomic mass is 9.96. The quantitative estimate of drug-likeness (QED) is 0.735. The van der Waals surface area contributed by atoms with Gasteiger partial charge >= 0.3 is 6.03 Å². The van der Waals surface area contributed by atoms with Crippen LogP contribution in [-0.2, 0) is 5.60 Å². The fraction of sp³-hybridized carbons (Fsp3) is 0.333. The van der Waals surface area contributed by atoms with E-state index in [2.05, 4.69) is 10.6 Å². The summed E-state index contributed by atoms with van der Waals surface area (Å²) in [5, 5.41) is 15.8. The molecule has 1 atom stereocenters. The third-order valence-corrected chi connectivity index (χ3v) is 3.76. The van der Waals surface area contributed by atoms with Crippen molar-refractivity contribution in [2.45, 2.75) is 33.3 Å². The maximum atomic E-state index is 12.0. The number of amides is 2. The van der Waals surface area contributed by atoms with Gasteiger partial charge in [-0.05, 0) is 58.0 Å². The number of benzene rings is 1. The Morgan fingerprint density at radius 2 is 1.83 bits per heavy atom. The van der Waals surface area contributed by atoms with Crippen molar-refractivity contribution in [3.63, 3.8) is 0 Å². The van der Waals surface area contributed by atoms with Gasteiger partial charge in [0, 0.05) is 16.8 Å². The monoisotopic (exact) mass is 330 g/mol. The number of anilines is 1. The number of aliphatic hydroxyl groups is 1. The number of hydrogen-bond acceptors (Lipinski definition) is 4. The van der Waals surface area contributed by atoms with Crippen LogP contribution in [0.3, 0.4) is 0 Å². The number of aryl methyl sites for hydroxylation is 2. The molecule has 24 heavy (non-hydrogen) atoms. The van der Waals surface area contributed by atoms with E-state index in [0.29, 0.717) is 28.3 Å². The average molecular weight is 330 g/mol. The molecule has 1 unspecified atom stereocenters. The number of hydrogen-bond donors (Lipinski definition) is 3. The van der Waals surface area contributed by atoms with Crippen LogP contribution in [0.4, 0.5) is 10.5 Å². The maximum Gasteiger partial charge on any atom is 0.319 e. The predicted octanol–water partition coefficient (Wildman–Crippen LogP) is 3.13. The SMILES string of the molecule is CC(=O)c1ccc(NC(=O)NCC(C)(O)c2cc(C)oc2C)cc1. The van der Waals surface area contributed by atoms with Crippen LogP contribution in [0.15, 0.2) is 34.7 Å². The zero-order valence-corrected chi connectivity index (χ0v) is 14.3. The molecule has 1 aromatic carbocycles. The van der Waals surface area contributed by atoms with Gasteiger partial charge in [-0.2, -0.15) is 0 Å². The molecule has 0 spiro atoms. The number of ketones is 1. The van der Waals surface area contributed by atoms with Gasteiger partial charge in [-0.15, -0.1) is 0 Å². The number of carbonyl (C=O) groups excluding carboxylic acids is 2. The second-order valence-corrected chi connectivity index (χ2v) is 6.04. The lowest BCUT2D eigenvalue weighted by Crippen LogP contribution is -2.40. The van der Waals surface area contributed by atoms with Crippen molar-refractivity contribution >= 4 is 17.5 Å². The van der Waals surface area contributed by atoms with Crippen LogP contribution in [-0.4, -0.2) is 23.5 Å². The second kappa shape index (κ2) is 6.88. The first kappa shape index (κ1) is 17.7. The van der Waals surface area contributed by atoms with E-state index in [1.807, 2.05) is 0 Å². The Morgan fingerprint density at radius 3 is 2.33 bits per heavy atom. The van der Waals surface area contributed by atoms with E-state index in [0.717, 1.165) is 0 Å². The Labute approximate surface area is 140 Å². The van der Waals surface area contributed by atoms with E-state index in [1.165, 1.54) is 6.92 Å². The van der Waals surface area contributed by atoms with Crippen molar-refractivity contribution in [1.29, 1.82) is 0 Å². The van der Waals surface area contributed by atoms with Crippen LogP contribution in [0.5, 0.6) is 0 Å². The van der Waals surface area contributed by atoms with Crippen molar-refractivity contribution in [3.8, 4) is 0 Å². The molecule has 0 aliphatic rings. The van der Waals surface area contributed by atoms with Crippen molar-refractivity contribution in [2.75, 3.05) is 11.9 Å². The van der Waals surface area contributed by atoms with Gasteiger partial charge in [0.1, 0.15) is 17.1 Å². The van der Waals surface area contributed by atoms with E-state index in [-0.39, 0.29) is 12.3 Å². The summed E-state index contributed by atoms with van der Waals surface area (Å²) in [6.45, 7) is 6.71. The summed E-state index contributed by atoms with van der Waals surface area (Å²) in [6, 6.07) is 7.91. The van der Waals surface area contributed by atoms with Gasteiger partial charge in [0.25, 0.3) is 0 Å². The van der Waals surface area contributed by atoms with Crippen molar-refractivity contribution in [3.05, 3.63) is 53.0 Å². The molecule has 0 saturated heterocycles. The molecule has 0 bridgehead atoms. The molecule has 2 rings (SSSR count). The summed E-state index contributed by atoms with van der Waals surface area (Å²) in [7, 11) is 0. The number of urea groups is 1. The zero-order valence-electron chi connectivity index (χ0n) is 14.3. The van der Waals surface area contributed by atoms with Gasteiger partial charge in [-0.1, -0.05) is 0 Å². The molecule has 3 N–H and O–H groups in total. The molecule has 6 heteroatoms. The van der Waals surface area contributed by atoms with E-state index in [1.54, 1.807) is 51.1 Å². The van der Waals surface area contributed by atoms with Gasteiger partial charge in [0.15, 0.2) is 5.78 Å². The van der Waals surface area contributed by atoms with E-state index >= 15 is 0 Å². The van der Waals surface area contributed by atoms with Crippen LogP contribution in [0.25, 0.3) is 0 Å². The molecule has 6 nitrogen and oxygen atoms in total. The lowest BCUT2D eigenvalue weighted by Gasteiger charge is -2.23. The topological polar surface area (TPSA) is 91.6 Å². The highest BCUT2D eigenvalue weighted by molar-refractivity contribution is 5.95. The minimum absolute atomic E-state index is 0.0319. The Hall–Kier alpha value is -2.60. The van der Waals surface area contributed by atoms with E-state index in [4.69, 9.17) is 4.42 Å². The highest BCUT2D eigenvalue weighted by atomic mass is 16.3. The maximum absolute atomic E-state index is 12.0. The smallest absolute Gasteiger partial charge is 0.319 e. The fourth-order valence-electron chi connectivity index (χ4n) is 2.48. The van der Waals surface area contributed by atoms with Crippen molar-refractivity contribution in [2.24, 2.45) is 0 Å². The first-order valence-corrected chi connectivity index (χ1v) is 7.65. The normalized spacial score (nSPS) is 13.2. The van der Waals surface area contributed by atoms with Gasteiger partial charge in [-0.3, -0.25) is 4.79 Å². The number of rotatable bonds is 5. The number of furan rings is 1. The fourth-order valence-corrected chi connectivity index (χ4v) is 2.48. The second-order valence-electron chi connectivity index (χ2n) is 6.04. The van der Waals surface area contributed by atoms with Crippen molar-refractivity contribution < 1.29 is 19.1 Å². The predicted molar refractivity (Wildman–Crippen MR) is 91.2 cm³/mol. The van der Waals surface area contributed by atoms with Crippen molar-refractivity contribution in [1.82, 2.24) is 5.32 Å². The molecule has 0 fully saturated rings. The molecule has 0 saturated carbocycles. The summed E-state index contributed by atoms with van der Waals surface area (Å²) < 4.78 is 5.42. The summed E-state index contributed by atoms with van der Waals surface area (Å²) in [4.78, 5) is 23.2. The molecule has 1 heterocycles. The summed E-state index contributed by atoms with van der Waals surface area (Å²) in [5.41, 5.74) is 0.547. The Bertz CT molecular complexity index is 745. The zero-order chi connectivity index (χ0) is 17.9. The molecule has 2 aromatic rings. The van der Waals surface area contributed by atoms with Crippen LogP contribution in [0.1, 0.15) is 41.3 Å². The van der Waals surface area contributed by atoms with E-state index in [9.17, 15) is 14.7 Å². The first-order chi connectivity index (χ1) is 11.2. The molecule has 0 aliphatic heterocycles. The van der Waals surface area contributed by atoms with Gasteiger partial charge in [0.2, 0.25) is 0 Å². The number of carbonyl (C=O) groups is 2. The Balaban J connectivity index is 1.95. The Kier molecular flexibility index (Phi) is 5.09. The first-order valence-electron chi connectivity index (χ1n) is 7.65. The molecule has 1 aromatic heterocycles. The molecule has 0 aliphatic carbocycles. The lowest BCUT2D eigenvalue weighted by molar-refractivity contribution is 0.0584. The standard InChI is InChI=1S/C18H22N2O4/c1-11-9-16(13(3)24-11)18(4,23)10-19-17(22)20-15-7-5-14(6-8-15)12(2)21/h5-9,23H,10H2,1-4H3,(H2,19,20,22). The number of Topliss-reactive ketones (excluding diaryl/α,β-unsaturated/α-hetero) is 1. The number of nitrogens with one attached hydrogen (secondary N) is 2. The molecule has 128 valence electrons. The average Bonchev–Trinajstić information content (AvgIpc) is 2.85. The third kappa shape index (κ3) is 4.23.